The van der Waals surface area contributed by atoms with Crippen LogP contribution in [0.1, 0.15) is 118 Å². The quantitative estimate of drug-likeness (QED) is 0.245. The van der Waals surface area contributed by atoms with E-state index in [-0.39, 0.29) is 51.7 Å². The molecule has 0 bridgehead atoms. The summed E-state index contributed by atoms with van der Waals surface area (Å²) in [5.74, 6) is 2.86. The van der Waals surface area contributed by atoms with Crippen LogP contribution in [0.15, 0.2) is 23.3 Å². The minimum Gasteiger partial charge on any atom is -0.393 e. The van der Waals surface area contributed by atoms with Gasteiger partial charge in [0.05, 0.1) is 17.8 Å². The third-order valence-electron chi connectivity index (χ3n) is 17.2. The molecule has 16 atom stereocenters. The van der Waals surface area contributed by atoms with E-state index in [2.05, 4.69) is 39.8 Å². The lowest BCUT2D eigenvalue weighted by molar-refractivity contribution is -0.202. The van der Waals surface area contributed by atoms with Crippen molar-refractivity contribution in [3.63, 3.8) is 0 Å². The van der Waals surface area contributed by atoms with Crippen LogP contribution in [0.3, 0.4) is 0 Å². The highest BCUT2D eigenvalue weighted by molar-refractivity contribution is 5.33. The lowest BCUT2D eigenvalue weighted by Gasteiger charge is -2.66. The predicted molar refractivity (Wildman–Crippen MR) is 171 cm³/mol. The first-order valence-corrected chi connectivity index (χ1v) is 18.3. The highest BCUT2D eigenvalue weighted by atomic mass is 16.3. The minimum absolute atomic E-state index is 0.0474. The Morgan fingerprint density at radius 2 is 1.47 bits per heavy atom. The summed E-state index contributed by atoms with van der Waals surface area (Å²) in [6, 6.07) is 0.318. The molecule has 0 saturated heterocycles. The number of fused-ring (bicyclic) bond motifs is 10. The topological polar surface area (TPSA) is 113 Å². The maximum absolute atomic E-state index is 13.4. The van der Waals surface area contributed by atoms with Gasteiger partial charge in [-0.1, -0.05) is 51.0 Å². The molecule has 0 amide bonds. The first-order chi connectivity index (χ1) is 20.3. The summed E-state index contributed by atoms with van der Waals surface area (Å²) in [6.45, 7) is 9.79. The van der Waals surface area contributed by atoms with E-state index in [4.69, 9.17) is 11.5 Å². The fourth-order valence-corrected chi connectivity index (χ4v) is 14.8. The molecule has 43 heavy (non-hydrogen) atoms. The first-order valence-electron chi connectivity index (χ1n) is 18.3. The molecule has 5 heteroatoms. The zero-order valence-corrected chi connectivity index (χ0v) is 27.4. The number of rotatable bonds is 1. The number of aliphatic hydroxyl groups excluding tert-OH is 2. The van der Waals surface area contributed by atoms with Gasteiger partial charge in [0.25, 0.3) is 0 Å². The van der Waals surface area contributed by atoms with E-state index in [0.717, 1.165) is 89.9 Å². The SMILES string of the molecule is C[C@]12CCC(N)CC1=CC(O)[C@@H]1[C@H]2CC[C@@]2(C)[C@H]1CCC2(O)C1CC(N)CC2=CC[C@@H]3[C@@H](CC[C@]4(C)C(O)CC[C@@H]34)[C@]21C. The van der Waals surface area contributed by atoms with E-state index in [1.807, 2.05) is 0 Å². The summed E-state index contributed by atoms with van der Waals surface area (Å²) in [5.41, 5.74) is 15.4. The highest BCUT2D eigenvalue weighted by Crippen LogP contribution is 2.73. The van der Waals surface area contributed by atoms with Crippen molar-refractivity contribution in [1.29, 1.82) is 0 Å². The number of allylic oxidation sites excluding steroid dienone is 1. The number of aliphatic hydroxyl groups is 3. The molecule has 0 aliphatic heterocycles. The van der Waals surface area contributed by atoms with Gasteiger partial charge in [-0.05, 0) is 153 Å². The molecule has 0 aromatic rings. The molecule has 6 saturated carbocycles. The highest BCUT2D eigenvalue weighted by Gasteiger charge is 2.71. The van der Waals surface area contributed by atoms with Crippen LogP contribution in [0.5, 0.6) is 0 Å². The zero-order valence-electron chi connectivity index (χ0n) is 27.4. The number of nitrogens with two attached hydrogens (primary N) is 2. The van der Waals surface area contributed by atoms with Gasteiger partial charge in [0.1, 0.15) is 0 Å². The molecule has 0 aromatic heterocycles. The van der Waals surface area contributed by atoms with Gasteiger partial charge in [-0.2, -0.15) is 0 Å². The Hall–Kier alpha value is -0.720. The van der Waals surface area contributed by atoms with Crippen molar-refractivity contribution in [2.45, 2.75) is 147 Å². The van der Waals surface area contributed by atoms with Gasteiger partial charge in [-0.25, -0.2) is 0 Å². The normalized spacial score (nSPS) is 60.8. The van der Waals surface area contributed by atoms with Crippen LogP contribution in [0, 0.1) is 63.1 Å². The Bertz CT molecular complexity index is 1230. The lowest BCUT2D eigenvalue weighted by atomic mass is 9.40. The van der Waals surface area contributed by atoms with E-state index in [1.165, 1.54) is 11.1 Å². The van der Waals surface area contributed by atoms with Gasteiger partial charge in [0.15, 0.2) is 0 Å². The molecule has 7 N–H and O–H groups in total. The van der Waals surface area contributed by atoms with Crippen LogP contribution < -0.4 is 11.5 Å². The Kier molecular flexibility index (Phi) is 6.51. The third-order valence-corrected chi connectivity index (χ3v) is 17.2. The maximum atomic E-state index is 13.4. The van der Waals surface area contributed by atoms with Crippen molar-refractivity contribution < 1.29 is 15.3 Å². The van der Waals surface area contributed by atoms with E-state index in [0.29, 0.717) is 29.6 Å². The molecule has 5 nitrogen and oxygen atoms in total. The monoisotopic (exact) mass is 592 g/mol. The maximum Gasteiger partial charge on any atom is 0.0757 e. The van der Waals surface area contributed by atoms with Crippen molar-refractivity contribution in [1.82, 2.24) is 0 Å². The molecule has 6 fully saturated rings. The summed E-state index contributed by atoms with van der Waals surface area (Å²) in [6.07, 6.45) is 18.6. The molecule has 0 radical (unpaired) electrons. The van der Waals surface area contributed by atoms with Crippen LogP contribution in [-0.4, -0.2) is 45.2 Å². The second kappa shape index (κ2) is 9.43. The van der Waals surface area contributed by atoms with Gasteiger partial charge >= 0.3 is 0 Å². The molecule has 240 valence electrons. The zero-order chi connectivity index (χ0) is 30.3. The van der Waals surface area contributed by atoms with Gasteiger partial charge in [-0.15, -0.1) is 0 Å². The fraction of sp³-hybridized carbons (Fsp3) is 0.895. The van der Waals surface area contributed by atoms with Crippen molar-refractivity contribution in [3.05, 3.63) is 23.3 Å². The molecule has 6 unspecified atom stereocenters. The van der Waals surface area contributed by atoms with E-state index >= 15 is 0 Å². The molecule has 0 aromatic carbocycles. The largest absolute Gasteiger partial charge is 0.393 e. The average molecular weight is 593 g/mol. The van der Waals surface area contributed by atoms with Gasteiger partial charge in [-0.3, -0.25) is 0 Å². The summed E-state index contributed by atoms with van der Waals surface area (Å²) in [7, 11) is 0. The fourth-order valence-electron chi connectivity index (χ4n) is 14.8. The van der Waals surface area contributed by atoms with Crippen LogP contribution in [-0.2, 0) is 0 Å². The van der Waals surface area contributed by atoms with Crippen molar-refractivity contribution in [2.24, 2.45) is 74.6 Å². The lowest BCUT2D eigenvalue weighted by Crippen LogP contribution is -2.65. The Labute approximate surface area is 260 Å². The van der Waals surface area contributed by atoms with Crippen molar-refractivity contribution in [3.8, 4) is 0 Å². The smallest absolute Gasteiger partial charge is 0.0757 e. The number of hydrogen-bond donors (Lipinski definition) is 5. The average Bonchev–Trinajstić information content (AvgIpc) is 3.42. The Morgan fingerprint density at radius 3 is 2.26 bits per heavy atom. The standard InChI is InChI=1S/C38H60N2O3/c1-34-13-9-23(39)18-22(34)19-30(41)33-28(34)11-15-36(3)29(33)12-16-38(36,43)31-20-24(40)17-21-5-6-25-26-7-8-32(42)35(26,2)14-10-27(25)37(21,31)4/h5,19,23-33,41-43H,6-18,20,39-40H2,1-4H3/t23?,24?,25-,26-,27+,28+,29-,30?,31?,32?,33+,34-,35-,36-,37-,38?/m0/s1. The molecular formula is C38H60N2O3. The van der Waals surface area contributed by atoms with Gasteiger partial charge < -0.3 is 26.8 Å². The van der Waals surface area contributed by atoms with E-state index in [9.17, 15) is 15.3 Å². The molecule has 0 spiro atoms. The van der Waals surface area contributed by atoms with E-state index < -0.39 is 11.7 Å². The van der Waals surface area contributed by atoms with Crippen LogP contribution >= 0.6 is 0 Å². The van der Waals surface area contributed by atoms with Gasteiger partial charge in [0, 0.05) is 12.1 Å². The second-order valence-electron chi connectivity index (χ2n) is 18.3. The molecule has 0 heterocycles. The minimum atomic E-state index is -0.786. The van der Waals surface area contributed by atoms with E-state index in [1.54, 1.807) is 0 Å². The Morgan fingerprint density at radius 1 is 0.744 bits per heavy atom. The molecule has 8 aliphatic carbocycles. The first kappa shape index (κ1) is 29.7. The molecule has 8 aliphatic rings. The third kappa shape index (κ3) is 3.64. The summed E-state index contributed by atoms with van der Waals surface area (Å²) in [4.78, 5) is 0. The van der Waals surface area contributed by atoms with Crippen LogP contribution in [0.25, 0.3) is 0 Å². The summed E-state index contributed by atoms with van der Waals surface area (Å²) < 4.78 is 0. The van der Waals surface area contributed by atoms with Crippen LogP contribution in [0.2, 0.25) is 0 Å². The number of hydrogen-bond acceptors (Lipinski definition) is 5. The van der Waals surface area contributed by atoms with Crippen molar-refractivity contribution in [2.75, 3.05) is 0 Å². The predicted octanol–water partition coefficient (Wildman–Crippen LogP) is 5.86. The van der Waals surface area contributed by atoms with Crippen molar-refractivity contribution >= 4 is 0 Å². The van der Waals surface area contributed by atoms with Crippen LogP contribution in [0.4, 0.5) is 0 Å². The van der Waals surface area contributed by atoms with Gasteiger partial charge in [0.2, 0.25) is 0 Å². The second-order valence-corrected chi connectivity index (χ2v) is 18.3. The Balaban J connectivity index is 1.17. The summed E-state index contributed by atoms with van der Waals surface area (Å²) in [5, 5.41) is 36.3. The molecular weight excluding hydrogens is 532 g/mol. The molecule has 8 rings (SSSR count). The summed E-state index contributed by atoms with van der Waals surface area (Å²) >= 11 is 0.